The molecule has 1 N–H and O–H groups in total. The van der Waals surface area contributed by atoms with Crippen molar-refractivity contribution in [1.29, 1.82) is 0 Å². The molecule has 5 heteroatoms. The monoisotopic (exact) mass is 260 g/mol. The third-order valence-electron chi connectivity index (χ3n) is 2.51. The molecule has 0 aliphatic heterocycles. The number of carbonyl (C=O) groups is 1. The number of ether oxygens (including phenoxy) is 1. The van der Waals surface area contributed by atoms with Crippen LogP contribution in [0, 0.1) is 6.92 Å². The molecule has 0 fully saturated rings. The number of nitrogens with one attached hydrogen (secondary N) is 1. The zero-order valence-corrected chi connectivity index (χ0v) is 11.0. The van der Waals surface area contributed by atoms with Crippen molar-refractivity contribution in [3.8, 4) is 5.75 Å². The predicted molar refractivity (Wildman–Crippen MR) is 70.0 cm³/mol. The van der Waals surface area contributed by atoms with Gasteiger partial charge in [0, 0.05) is 12.6 Å². The number of aryl methyl sites for hydroxylation is 1. The van der Waals surface area contributed by atoms with Gasteiger partial charge < -0.3 is 14.6 Å². The average molecular weight is 260 g/mol. The lowest BCUT2D eigenvalue weighted by atomic mass is 10.2. The van der Waals surface area contributed by atoms with E-state index in [4.69, 9.17) is 9.26 Å². The summed E-state index contributed by atoms with van der Waals surface area (Å²) in [6.45, 7) is 4.74. The first-order chi connectivity index (χ1) is 9.19. The molecule has 2 rings (SSSR count). The van der Waals surface area contributed by atoms with Crippen molar-refractivity contribution >= 4 is 5.91 Å². The van der Waals surface area contributed by atoms with Crippen molar-refractivity contribution in [3.63, 3.8) is 0 Å². The first-order valence-corrected chi connectivity index (χ1v) is 6.12. The van der Waals surface area contributed by atoms with Crippen molar-refractivity contribution in [2.75, 3.05) is 6.61 Å². The van der Waals surface area contributed by atoms with Crippen LogP contribution in [-0.2, 0) is 6.54 Å². The highest BCUT2D eigenvalue weighted by Crippen LogP contribution is 2.13. The fourth-order valence-corrected chi connectivity index (χ4v) is 1.65. The molecule has 1 aromatic carbocycles. The van der Waals surface area contributed by atoms with E-state index in [0.717, 1.165) is 11.3 Å². The SMILES string of the molecule is CCOc1cccc(CNC(=O)c2cc(C)no2)c1. The fourth-order valence-electron chi connectivity index (χ4n) is 1.65. The lowest BCUT2D eigenvalue weighted by Gasteiger charge is -2.06. The van der Waals surface area contributed by atoms with Crippen LogP contribution in [-0.4, -0.2) is 17.7 Å². The van der Waals surface area contributed by atoms with Crippen molar-refractivity contribution in [1.82, 2.24) is 10.5 Å². The molecule has 2 aromatic rings. The highest BCUT2D eigenvalue weighted by molar-refractivity contribution is 5.91. The van der Waals surface area contributed by atoms with Crippen LogP contribution in [0.4, 0.5) is 0 Å². The number of rotatable bonds is 5. The van der Waals surface area contributed by atoms with E-state index in [2.05, 4.69) is 10.5 Å². The van der Waals surface area contributed by atoms with Gasteiger partial charge in [0.25, 0.3) is 5.91 Å². The van der Waals surface area contributed by atoms with Gasteiger partial charge >= 0.3 is 0 Å². The maximum atomic E-state index is 11.8. The molecule has 5 nitrogen and oxygen atoms in total. The molecule has 0 atom stereocenters. The van der Waals surface area contributed by atoms with E-state index in [-0.39, 0.29) is 11.7 Å². The minimum atomic E-state index is -0.276. The van der Waals surface area contributed by atoms with Crippen LogP contribution in [0.15, 0.2) is 34.9 Å². The van der Waals surface area contributed by atoms with Crippen LogP contribution in [0.1, 0.15) is 28.7 Å². The Morgan fingerprint density at radius 3 is 2.95 bits per heavy atom. The molecule has 1 amide bonds. The number of hydrogen-bond donors (Lipinski definition) is 1. The quantitative estimate of drug-likeness (QED) is 0.896. The van der Waals surface area contributed by atoms with Gasteiger partial charge in [0.2, 0.25) is 5.76 Å². The summed E-state index contributed by atoms with van der Waals surface area (Å²) in [4.78, 5) is 11.8. The molecule has 0 radical (unpaired) electrons. The standard InChI is InChI=1S/C14H16N2O3/c1-3-18-12-6-4-5-11(8-12)9-15-14(17)13-7-10(2)16-19-13/h4-8H,3,9H2,1-2H3,(H,15,17). The molecule has 19 heavy (non-hydrogen) atoms. The van der Waals surface area contributed by atoms with E-state index in [9.17, 15) is 4.79 Å². The Bertz CT molecular complexity index is 563. The minimum Gasteiger partial charge on any atom is -0.494 e. The summed E-state index contributed by atoms with van der Waals surface area (Å²) >= 11 is 0. The van der Waals surface area contributed by atoms with Crippen molar-refractivity contribution < 1.29 is 14.1 Å². The van der Waals surface area contributed by atoms with E-state index >= 15 is 0 Å². The molecule has 100 valence electrons. The van der Waals surface area contributed by atoms with Gasteiger partial charge in [-0.25, -0.2) is 0 Å². The van der Waals surface area contributed by atoms with Crippen LogP contribution in [0.25, 0.3) is 0 Å². The molecule has 1 heterocycles. The van der Waals surface area contributed by atoms with Gasteiger partial charge in [-0.1, -0.05) is 17.3 Å². The smallest absolute Gasteiger partial charge is 0.290 e. The molecule has 0 unspecified atom stereocenters. The summed E-state index contributed by atoms with van der Waals surface area (Å²) < 4.78 is 10.3. The zero-order chi connectivity index (χ0) is 13.7. The zero-order valence-electron chi connectivity index (χ0n) is 11.0. The normalized spacial score (nSPS) is 10.2. The van der Waals surface area contributed by atoms with Gasteiger partial charge in [-0.05, 0) is 31.5 Å². The maximum absolute atomic E-state index is 11.8. The molecule has 0 saturated heterocycles. The summed E-state index contributed by atoms with van der Waals surface area (Å²) in [6, 6.07) is 9.20. The molecule has 0 saturated carbocycles. The first-order valence-electron chi connectivity index (χ1n) is 6.12. The largest absolute Gasteiger partial charge is 0.494 e. The van der Waals surface area contributed by atoms with Gasteiger partial charge in [0.05, 0.1) is 12.3 Å². The lowest BCUT2D eigenvalue weighted by molar-refractivity contribution is 0.0914. The van der Waals surface area contributed by atoms with Crippen LogP contribution >= 0.6 is 0 Å². The summed E-state index contributed by atoms with van der Waals surface area (Å²) in [5.74, 6) is 0.741. The summed E-state index contributed by atoms with van der Waals surface area (Å²) in [5.41, 5.74) is 1.65. The molecular formula is C14H16N2O3. The molecule has 0 aliphatic rings. The van der Waals surface area contributed by atoms with Gasteiger partial charge in [-0.15, -0.1) is 0 Å². The van der Waals surface area contributed by atoms with Crippen molar-refractivity contribution in [3.05, 3.63) is 47.3 Å². The van der Waals surface area contributed by atoms with Gasteiger partial charge in [0.15, 0.2) is 0 Å². The van der Waals surface area contributed by atoms with E-state index in [1.54, 1.807) is 13.0 Å². The number of carbonyl (C=O) groups excluding carboxylic acids is 1. The summed E-state index contributed by atoms with van der Waals surface area (Å²) in [6.07, 6.45) is 0. The number of nitrogens with zero attached hydrogens (tertiary/aromatic N) is 1. The Balaban J connectivity index is 1.95. The molecule has 1 aromatic heterocycles. The van der Waals surface area contributed by atoms with Crippen LogP contribution in [0.3, 0.4) is 0 Å². The van der Waals surface area contributed by atoms with Gasteiger partial charge in [0.1, 0.15) is 5.75 Å². The minimum absolute atomic E-state index is 0.221. The number of amides is 1. The van der Waals surface area contributed by atoms with E-state index in [1.807, 2.05) is 31.2 Å². The average Bonchev–Trinajstić information content (AvgIpc) is 2.84. The predicted octanol–water partition coefficient (Wildman–Crippen LogP) is 2.31. The van der Waals surface area contributed by atoms with Gasteiger partial charge in [-0.2, -0.15) is 0 Å². The topological polar surface area (TPSA) is 64.4 Å². The Labute approximate surface area is 111 Å². The molecule has 0 bridgehead atoms. The number of benzene rings is 1. The highest BCUT2D eigenvalue weighted by atomic mass is 16.5. The third-order valence-corrected chi connectivity index (χ3v) is 2.51. The van der Waals surface area contributed by atoms with Crippen LogP contribution in [0.5, 0.6) is 5.75 Å². The second kappa shape index (κ2) is 6.04. The molecular weight excluding hydrogens is 244 g/mol. The second-order valence-corrected chi connectivity index (χ2v) is 4.10. The van der Waals surface area contributed by atoms with E-state index < -0.39 is 0 Å². The Hall–Kier alpha value is -2.30. The Kier molecular flexibility index (Phi) is 4.18. The molecule has 0 spiro atoms. The second-order valence-electron chi connectivity index (χ2n) is 4.10. The van der Waals surface area contributed by atoms with Crippen molar-refractivity contribution in [2.45, 2.75) is 20.4 Å². The fraction of sp³-hybridized carbons (Fsp3) is 0.286. The number of hydrogen-bond acceptors (Lipinski definition) is 4. The van der Waals surface area contributed by atoms with Gasteiger partial charge in [-0.3, -0.25) is 4.79 Å². The maximum Gasteiger partial charge on any atom is 0.290 e. The van der Waals surface area contributed by atoms with E-state index in [1.165, 1.54) is 0 Å². The third kappa shape index (κ3) is 3.58. The van der Waals surface area contributed by atoms with Crippen molar-refractivity contribution in [2.24, 2.45) is 0 Å². The summed E-state index contributed by atoms with van der Waals surface area (Å²) in [7, 11) is 0. The number of aromatic nitrogens is 1. The summed E-state index contributed by atoms with van der Waals surface area (Å²) in [5, 5.41) is 6.44. The van der Waals surface area contributed by atoms with Crippen LogP contribution in [0.2, 0.25) is 0 Å². The first kappa shape index (κ1) is 13.1. The van der Waals surface area contributed by atoms with E-state index in [0.29, 0.717) is 18.8 Å². The lowest BCUT2D eigenvalue weighted by Crippen LogP contribution is -2.22. The highest BCUT2D eigenvalue weighted by Gasteiger charge is 2.10. The Morgan fingerprint density at radius 1 is 1.42 bits per heavy atom. The Morgan fingerprint density at radius 2 is 2.26 bits per heavy atom. The molecule has 0 aliphatic carbocycles. The van der Waals surface area contributed by atoms with Crippen LogP contribution < -0.4 is 10.1 Å².